The van der Waals surface area contributed by atoms with E-state index in [9.17, 15) is 9.18 Å². The SMILES string of the molecule is C[C@H]1C[C@@H](N2CCN(c3cccc(F)c3C#N)CC2)C(=O)O1. The van der Waals surface area contributed by atoms with Crippen LogP contribution in [0.15, 0.2) is 18.2 Å². The summed E-state index contributed by atoms with van der Waals surface area (Å²) in [6.07, 6.45) is 0.700. The molecule has 2 fully saturated rings. The van der Waals surface area contributed by atoms with Gasteiger partial charge in [0.1, 0.15) is 29.6 Å². The Labute approximate surface area is 128 Å². The number of nitriles is 1. The van der Waals surface area contributed by atoms with Crippen LogP contribution in [-0.4, -0.2) is 49.2 Å². The highest BCUT2D eigenvalue weighted by atomic mass is 19.1. The minimum Gasteiger partial charge on any atom is -0.461 e. The second-order valence-electron chi connectivity index (χ2n) is 5.77. The second-order valence-corrected chi connectivity index (χ2v) is 5.77. The molecule has 3 rings (SSSR count). The molecule has 1 aromatic rings. The highest BCUT2D eigenvalue weighted by molar-refractivity contribution is 5.78. The number of halogens is 1. The standard InChI is InChI=1S/C16H18FN3O2/c1-11-9-15(16(21)22-11)20-7-5-19(6-8-20)14-4-2-3-13(17)12(14)10-18/h2-4,11,15H,5-9H2,1H3/t11-,15+/m0/s1. The summed E-state index contributed by atoms with van der Waals surface area (Å²) >= 11 is 0. The molecule has 2 heterocycles. The fourth-order valence-corrected chi connectivity index (χ4v) is 3.20. The van der Waals surface area contributed by atoms with Crippen LogP contribution < -0.4 is 4.90 Å². The first-order valence-corrected chi connectivity index (χ1v) is 7.48. The highest BCUT2D eigenvalue weighted by Crippen LogP contribution is 2.26. The monoisotopic (exact) mass is 303 g/mol. The van der Waals surface area contributed by atoms with E-state index >= 15 is 0 Å². The van der Waals surface area contributed by atoms with Crippen molar-refractivity contribution in [3.8, 4) is 6.07 Å². The molecule has 0 amide bonds. The Morgan fingerprint density at radius 2 is 2.05 bits per heavy atom. The number of hydrogen-bond acceptors (Lipinski definition) is 5. The molecule has 0 unspecified atom stereocenters. The van der Waals surface area contributed by atoms with Crippen LogP contribution in [0.4, 0.5) is 10.1 Å². The molecule has 0 bridgehead atoms. The average molecular weight is 303 g/mol. The molecule has 0 N–H and O–H groups in total. The van der Waals surface area contributed by atoms with Gasteiger partial charge in [0.05, 0.1) is 5.69 Å². The van der Waals surface area contributed by atoms with Crippen LogP contribution in [0.25, 0.3) is 0 Å². The number of rotatable bonds is 2. The number of nitrogens with zero attached hydrogens (tertiary/aromatic N) is 3. The van der Waals surface area contributed by atoms with Gasteiger partial charge in [-0.3, -0.25) is 9.69 Å². The molecule has 0 aliphatic carbocycles. The number of piperazine rings is 1. The Morgan fingerprint density at radius 1 is 1.32 bits per heavy atom. The van der Waals surface area contributed by atoms with E-state index < -0.39 is 5.82 Å². The molecule has 5 nitrogen and oxygen atoms in total. The van der Waals surface area contributed by atoms with Gasteiger partial charge in [-0.15, -0.1) is 0 Å². The number of esters is 1. The molecule has 116 valence electrons. The molecule has 6 heteroatoms. The number of ether oxygens (including phenoxy) is 1. The van der Waals surface area contributed by atoms with Crippen molar-refractivity contribution >= 4 is 11.7 Å². The lowest BCUT2D eigenvalue weighted by Gasteiger charge is -2.38. The van der Waals surface area contributed by atoms with E-state index in [1.165, 1.54) is 6.07 Å². The van der Waals surface area contributed by atoms with E-state index in [0.717, 1.165) is 6.42 Å². The molecular weight excluding hydrogens is 285 g/mol. The summed E-state index contributed by atoms with van der Waals surface area (Å²) in [5.74, 6) is -0.639. The molecule has 22 heavy (non-hydrogen) atoms. The van der Waals surface area contributed by atoms with Crippen LogP contribution in [0, 0.1) is 17.1 Å². The number of benzene rings is 1. The Kier molecular flexibility index (Phi) is 3.99. The van der Waals surface area contributed by atoms with Gasteiger partial charge < -0.3 is 9.64 Å². The average Bonchev–Trinajstić information content (AvgIpc) is 2.86. The fourth-order valence-electron chi connectivity index (χ4n) is 3.20. The molecule has 2 aliphatic rings. The molecule has 0 radical (unpaired) electrons. The molecule has 1 aromatic carbocycles. The van der Waals surface area contributed by atoms with Crippen LogP contribution >= 0.6 is 0 Å². The molecule has 0 saturated carbocycles. The smallest absolute Gasteiger partial charge is 0.323 e. The summed E-state index contributed by atoms with van der Waals surface area (Å²) in [5.41, 5.74) is 0.717. The normalized spacial score (nSPS) is 25.9. The van der Waals surface area contributed by atoms with Crippen molar-refractivity contribution in [2.75, 3.05) is 31.1 Å². The highest BCUT2D eigenvalue weighted by Gasteiger charge is 2.37. The van der Waals surface area contributed by atoms with Gasteiger partial charge in [-0.25, -0.2) is 4.39 Å². The Hall–Kier alpha value is -2.13. The van der Waals surface area contributed by atoms with Gasteiger partial charge in [0, 0.05) is 32.6 Å². The Bertz CT molecular complexity index is 620. The van der Waals surface area contributed by atoms with Gasteiger partial charge in [0.25, 0.3) is 0 Å². The zero-order chi connectivity index (χ0) is 15.7. The van der Waals surface area contributed by atoms with Crippen LogP contribution in [0.2, 0.25) is 0 Å². The number of hydrogen-bond donors (Lipinski definition) is 0. The third-order valence-corrected chi connectivity index (χ3v) is 4.34. The topological polar surface area (TPSA) is 56.6 Å². The first kappa shape index (κ1) is 14.8. The van der Waals surface area contributed by atoms with Crippen molar-refractivity contribution in [2.45, 2.75) is 25.5 Å². The lowest BCUT2D eigenvalue weighted by molar-refractivity contribution is -0.144. The number of carbonyl (C=O) groups is 1. The predicted molar refractivity (Wildman–Crippen MR) is 78.9 cm³/mol. The first-order valence-electron chi connectivity index (χ1n) is 7.48. The number of carbonyl (C=O) groups excluding carboxylic acids is 1. The molecule has 2 aliphatic heterocycles. The van der Waals surface area contributed by atoms with Gasteiger partial charge in [0.15, 0.2) is 0 Å². The van der Waals surface area contributed by atoms with E-state index in [1.54, 1.807) is 12.1 Å². The lowest BCUT2D eigenvalue weighted by atomic mass is 10.1. The van der Waals surface area contributed by atoms with Gasteiger partial charge in [0.2, 0.25) is 0 Å². The van der Waals surface area contributed by atoms with E-state index in [2.05, 4.69) is 4.90 Å². The molecule has 2 saturated heterocycles. The van der Waals surface area contributed by atoms with Crippen molar-refractivity contribution in [3.63, 3.8) is 0 Å². The molecule has 0 spiro atoms. The maximum Gasteiger partial charge on any atom is 0.323 e. The summed E-state index contributed by atoms with van der Waals surface area (Å²) in [4.78, 5) is 15.9. The maximum absolute atomic E-state index is 13.7. The van der Waals surface area contributed by atoms with Crippen molar-refractivity contribution < 1.29 is 13.9 Å². The summed E-state index contributed by atoms with van der Waals surface area (Å²) in [6.45, 7) is 4.63. The zero-order valence-electron chi connectivity index (χ0n) is 12.5. The molecule has 2 atom stereocenters. The van der Waals surface area contributed by atoms with Crippen molar-refractivity contribution in [3.05, 3.63) is 29.6 Å². The number of anilines is 1. The molecule has 0 aromatic heterocycles. The van der Waals surface area contributed by atoms with Crippen molar-refractivity contribution in [1.29, 1.82) is 5.26 Å². The second kappa shape index (κ2) is 5.93. The van der Waals surface area contributed by atoms with Crippen molar-refractivity contribution in [2.24, 2.45) is 0 Å². The number of cyclic esters (lactones) is 1. The van der Waals surface area contributed by atoms with Crippen LogP contribution in [0.1, 0.15) is 18.9 Å². The zero-order valence-corrected chi connectivity index (χ0v) is 12.5. The maximum atomic E-state index is 13.7. The van der Waals surface area contributed by atoms with Gasteiger partial charge in [-0.2, -0.15) is 5.26 Å². The fraction of sp³-hybridized carbons (Fsp3) is 0.500. The first-order chi connectivity index (χ1) is 10.6. The van der Waals surface area contributed by atoms with Gasteiger partial charge in [-0.1, -0.05) is 6.07 Å². The molecular formula is C16H18FN3O2. The van der Waals surface area contributed by atoms with E-state index in [-0.39, 0.29) is 23.7 Å². The minimum absolute atomic E-state index is 0.0241. The van der Waals surface area contributed by atoms with Crippen LogP contribution in [-0.2, 0) is 9.53 Å². The Morgan fingerprint density at radius 3 is 2.64 bits per heavy atom. The summed E-state index contributed by atoms with van der Waals surface area (Å²) in [6, 6.07) is 6.46. The van der Waals surface area contributed by atoms with E-state index in [4.69, 9.17) is 10.00 Å². The lowest BCUT2D eigenvalue weighted by Crippen LogP contribution is -2.51. The summed E-state index contributed by atoms with van der Waals surface area (Å²) < 4.78 is 18.9. The van der Waals surface area contributed by atoms with Gasteiger partial charge in [-0.05, 0) is 19.1 Å². The largest absolute Gasteiger partial charge is 0.461 e. The van der Waals surface area contributed by atoms with Crippen molar-refractivity contribution in [1.82, 2.24) is 4.90 Å². The quantitative estimate of drug-likeness (QED) is 0.775. The predicted octanol–water partition coefficient (Wildman–Crippen LogP) is 1.52. The van der Waals surface area contributed by atoms with E-state index in [1.807, 2.05) is 17.9 Å². The summed E-state index contributed by atoms with van der Waals surface area (Å²) in [5, 5.41) is 9.13. The Balaban J connectivity index is 1.69. The third kappa shape index (κ3) is 2.64. The third-order valence-electron chi connectivity index (χ3n) is 4.34. The van der Waals surface area contributed by atoms with Crippen LogP contribution in [0.5, 0.6) is 0 Å². The minimum atomic E-state index is -0.490. The van der Waals surface area contributed by atoms with E-state index in [0.29, 0.717) is 31.9 Å². The van der Waals surface area contributed by atoms with Gasteiger partial charge >= 0.3 is 5.97 Å². The summed E-state index contributed by atoms with van der Waals surface area (Å²) in [7, 11) is 0. The van der Waals surface area contributed by atoms with Crippen LogP contribution in [0.3, 0.4) is 0 Å².